The topological polar surface area (TPSA) is 71.5 Å². The van der Waals surface area contributed by atoms with Gasteiger partial charge in [0.1, 0.15) is 5.60 Å². The Morgan fingerprint density at radius 3 is 2.33 bits per heavy atom. The first kappa shape index (κ1) is 22.1. The largest absolute Gasteiger partial charge is 0.443 e. The maximum atomic E-state index is 12.8. The van der Waals surface area contributed by atoms with Crippen LogP contribution in [0.5, 0.6) is 0 Å². The van der Waals surface area contributed by atoms with E-state index >= 15 is 0 Å². The Morgan fingerprint density at radius 1 is 1.10 bits per heavy atom. The molecule has 0 saturated heterocycles. The number of ether oxygens (including phenoxy) is 1. The Hall–Kier alpha value is -2.64. The summed E-state index contributed by atoms with van der Waals surface area (Å²) in [6.07, 6.45) is -0.702. The van der Waals surface area contributed by atoms with E-state index in [1.54, 1.807) is 39.0 Å². The zero-order valence-electron chi connectivity index (χ0n) is 17.8. The van der Waals surface area contributed by atoms with Crippen LogP contribution in [-0.4, -0.2) is 22.6 Å². The van der Waals surface area contributed by atoms with Gasteiger partial charge in [-0.25, -0.2) is 9.78 Å². The predicted molar refractivity (Wildman–Crippen MR) is 123 cm³/mol. The second-order valence-corrected chi connectivity index (χ2v) is 9.52. The highest BCUT2D eigenvalue weighted by atomic mass is 35.5. The molecular weight excluding hydrogens is 422 g/mol. The molecule has 0 fully saturated rings. The molecule has 3 rings (SSSR count). The van der Waals surface area contributed by atoms with Crippen LogP contribution in [0, 0.1) is 20.8 Å². The fraction of sp³-hybridized carbons (Fsp3) is 0.318. The average Bonchev–Trinajstić information content (AvgIpc) is 3.05. The third kappa shape index (κ3) is 4.91. The number of rotatable bonds is 3. The number of hydrogen-bond donors (Lipinski definition) is 1. The molecule has 0 bridgehead atoms. The van der Waals surface area contributed by atoms with E-state index in [-0.39, 0.29) is 11.0 Å². The molecule has 8 heteroatoms. The fourth-order valence-electron chi connectivity index (χ4n) is 3.08. The van der Waals surface area contributed by atoms with E-state index in [1.807, 2.05) is 32.9 Å². The summed E-state index contributed by atoms with van der Waals surface area (Å²) in [4.78, 5) is 29.4. The Bertz CT molecular complexity index is 1110. The maximum absolute atomic E-state index is 12.8. The monoisotopic (exact) mass is 445 g/mol. The van der Waals surface area contributed by atoms with Gasteiger partial charge in [0.15, 0.2) is 0 Å². The number of aryl methyl sites for hydroxylation is 3. The molecule has 0 aliphatic rings. The summed E-state index contributed by atoms with van der Waals surface area (Å²) in [5, 5.41) is 3.28. The van der Waals surface area contributed by atoms with Gasteiger partial charge in [0.25, 0.3) is 5.91 Å². The molecule has 158 valence electrons. The molecule has 1 heterocycles. The van der Waals surface area contributed by atoms with Crippen molar-refractivity contribution in [2.24, 2.45) is 0 Å². The number of carbonyl (C=O) groups excluding carboxylic acids is 2. The van der Waals surface area contributed by atoms with Gasteiger partial charge in [-0.05, 0) is 70.9 Å². The molecule has 0 spiro atoms. The number of amides is 2. The summed E-state index contributed by atoms with van der Waals surface area (Å²) < 4.78 is 6.86. The van der Waals surface area contributed by atoms with Crippen LogP contribution >= 0.6 is 23.1 Å². The molecule has 6 nitrogen and oxygen atoms in total. The lowest BCUT2D eigenvalue weighted by atomic mass is 10.0. The SMILES string of the molecule is Cc1cc(C)c(NC(=O)c2ccc3nc(N(Cl)C(=O)OC(C)(C)C)sc3c2)c(C)c1. The first-order chi connectivity index (χ1) is 13.9. The first-order valence-electron chi connectivity index (χ1n) is 9.43. The van der Waals surface area contributed by atoms with Gasteiger partial charge in [-0.3, -0.25) is 4.79 Å². The van der Waals surface area contributed by atoms with Crippen LogP contribution in [0.15, 0.2) is 30.3 Å². The molecule has 0 atom stereocenters. The predicted octanol–water partition coefficient (Wildman–Crippen LogP) is 6.37. The lowest BCUT2D eigenvalue weighted by Gasteiger charge is -2.21. The lowest BCUT2D eigenvalue weighted by molar-refractivity contribution is 0.0609. The number of nitrogens with one attached hydrogen (secondary N) is 1. The number of hydrogen-bond acceptors (Lipinski definition) is 5. The van der Waals surface area contributed by atoms with Gasteiger partial charge in [-0.1, -0.05) is 29.0 Å². The number of halogens is 1. The molecule has 1 aromatic heterocycles. The zero-order valence-corrected chi connectivity index (χ0v) is 19.4. The van der Waals surface area contributed by atoms with E-state index in [0.717, 1.165) is 31.5 Å². The third-order valence-electron chi connectivity index (χ3n) is 4.28. The van der Waals surface area contributed by atoms with Crippen LogP contribution in [0.1, 0.15) is 47.8 Å². The molecule has 2 aromatic carbocycles. The number of carbonyl (C=O) groups is 2. The highest BCUT2D eigenvalue weighted by Crippen LogP contribution is 2.32. The van der Waals surface area contributed by atoms with Crippen molar-refractivity contribution in [2.75, 3.05) is 9.74 Å². The van der Waals surface area contributed by atoms with E-state index in [0.29, 0.717) is 11.1 Å². The summed E-state index contributed by atoms with van der Waals surface area (Å²) in [7, 11) is 0. The molecule has 3 aromatic rings. The van der Waals surface area contributed by atoms with Gasteiger partial charge < -0.3 is 10.1 Å². The number of nitrogens with zero attached hydrogens (tertiary/aromatic N) is 2. The van der Waals surface area contributed by atoms with Crippen molar-refractivity contribution >= 4 is 56.1 Å². The number of thiazole rings is 1. The second kappa shape index (κ2) is 8.24. The average molecular weight is 446 g/mol. The minimum absolute atomic E-state index is 0.211. The van der Waals surface area contributed by atoms with E-state index in [1.165, 1.54) is 11.3 Å². The highest BCUT2D eigenvalue weighted by Gasteiger charge is 2.25. The quantitative estimate of drug-likeness (QED) is 0.475. The Labute approximate surface area is 184 Å². The van der Waals surface area contributed by atoms with Gasteiger partial charge in [-0.15, -0.1) is 0 Å². The first-order valence-corrected chi connectivity index (χ1v) is 10.6. The Kier molecular flexibility index (Phi) is 6.06. The number of anilines is 2. The minimum atomic E-state index is -0.702. The van der Waals surface area contributed by atoms with Crippen molar-refractivity contribution in [3.63, 3.8) is 0 Å². The normalized spacial score (nSPS) is 11.4. The van der Waals surface area contributed by atoms with Gasteiger partial charge in [0.2, 0.25) is 5.13 Å². The van der Waals surface area contributed by atoms with Gasteiger partial charge in [-0.2, -0.15) is 4.42 Å². The Morgan fingerprint density at radius 2 is 1.73 bits per heavy atom. The van der Waals surface area contributed by atoms with Crippen molar-refractivity contribution < 1.29 is 14.3 Å². The standard InChI is InChI=1S/C22H24ClN3O3S/c1-12-9-13(2)18(14(3)10-12)25-19(27)15-7-8-16-17(11-15)30-20(24-16)26(23)21(28)29-22(4,5)6/h7-11H,1-6H3,(H,25,27). The molecule has 1 N–H and O–H groups in total. The van der Waals surface area contributed by atoms with Gasteiger partial charge >= 0.3 is 6.09 Å². The van der Waals surface area contributed by atoms with Crippen molar-refractivity contribution in [1.29, 1.82) is 0 Å². The summed E-state index contributed by atoms with van der Waals surface area (Å²) >= 11 is 7.33. The minimum Gasteiger partial charge on any atom is -0.443 e. The van der Waals surface area contributed by atoms with Crippen molar-refractivity contribution in [1.82, 2.24) is 4.98 Å². The third-order valence-corrected chi connectivity index (χ3v) is 5.68. The van der Waals surface area contributed by atoms with E-state index in [9.17, 15) is 9.59 Å². The highest BCUT2D eigenvalue weighted by molar-refractivity contribution is 7.22. The van der Waals surface area contributed by atoms with Crippen LogP contribution in [0.3, 0.4) is 0 Å². The molecule has 30 heavy (non-hydrogen) atoms. The molecule has 2 amide bonds. The van der Waals surface area contributed by atoms with E-state index < -0.39 is 11.7 Å². The summed E-state index contributed by atoms with van der Waals surface area (Å²) in [6.45, 7) is 11.3. The molecule has 0 saturated carbocycles. The van der Waals surface area contributed by atoms with Crippen molar-refractivity contribution in [2.45, 2.75) is 47.1 Å². The van der Waals surface area contributed by atoms with E-state index in [2.05, 4.69) is 10.3 Å². The lowest BCUT2D eigenvalue weighted by Crippen LogP contribution is -2.31. The Balaban J connectivity index is 1.84. The summed E-state index contributed by atoms with van der Waals surface area (Å²) in [6, 6.07) is 9.25. The molecule has 0 aliphatic heterocycles. The van der Waals surface area contributed by atoms with Crippen molar-refractivity contribution in [3.8, 4) is 0 Å². The molecule has 0 aliphatic carbocycles. The molecular formula is C22H24ClN3O3S. The van der Waals surface area contributed by atoms with Crippen LogP contribution in [0.2, 0.25) is 0 Å². The smallest absolute Gasteiger partial charge is 0.431 e. The molecule has 0 unspecified atom stereocenters. The zero-order chi connectivity index (χ0) is 22.2. The summed E-state index contributed by atoms with van der Waals surface area (Å²) in [5.41, 5.74) is 4.45. The number of aromatic nitrogens is 1. The van der Waals surface area contributed by atoms with Gasteiger partial charge in [0, 0.05) is 23.0 Å². The maximum Gasteiger partial charge on any atom is 0.431 e. The van der Waals surface area contributed by atoms with Crippen LogP contribution in [0.25, 0.3) is 10.2 Å². The van der Waals surface area contributed by atoms with Gasteiger partial charge in [0.05, 0.1) is 10.2 Å². The van der Waals surface area contributed by atoms with Crippen molar-refractivity contribution in [3.05, 3.63) is 52.6 Å². The van der Waals surface area contributed by atoms with E-state index in [4.69, 9.17) is 16.5 Å². The van der Waals surface area contributed by atoms with Crippen LogP contribution in [0.4, 0.5) is 15.6 Å². The van der Waals surface area contributed by atoms with Crippen LogP contribution < -0.4 is 9.74 Å². The fourth-order valence-corrected chi connectivity index (χ4v) is 4.16. The molecule has 0 radical (unpaired) electrons. The summed E-state index contributed by atoms with van der Waals surface area (Å²) in [5.74, 6) is -0.211. The number of benzene rings is 2. The van der Waals surface area contributed by atoms with Crippen LogP contribution in [-0.2, 0) is 4.74 Å². The number of fused-ring (bicyclic) bond motifs is 1. The second-order valence-electron chi connectivity index (χ2n) is 8.17.